The number of fused-ring (bicyclic) bond motifs is 1. The second kappa shape index (κ2) is 5.57. The highest BCUT2D eigenvalue weighted by Gasteiger charge is 2.42. The first-order chi connectivity index (χ1) is 9.28. The number of rotatable bonds is 1. The van der Waals surface area contributed by atoms with Crippen molar-refractivity contribution in [2.24, 2.45) is 0 Å². The van der Waals surface area contributed by atoms with E-state index in [9.17, 15) is 14.7 Å². The van der Waals surface area contributed by atoms with Crippen molar-refractivity contribution in [1.82, 2.24) is 9.80 Å². The quantitative estimate of drug-likeness (QED) is 0.751. The molecule has 2 heterocycles. The Morgan fingerprint density at radius 3 is 2.55 bits per heavy atom. The number of hydrogen-bond donors (Lipinski definition) is 1. The topological polar surface area (TPSA) is 79.3 Å². The summed E-state index contributed by atoms with van der Waals surface area (Å²) in [5.74, 6) is -0.981. The third kappa shape index (κ3) is 3.40. The molecular weight excluding hydrogens is 264 g/mol. The van der Waals surface area contributed by atoms with Crippen LogP contribution in [0, 0.1) is 0 Å². The summed E-state index contributed by atoms with van der Waals surface area (Å²) in [6.07, 6.45) is -1.28. The van der Waals surface area contributed by atoms with Crippen molar-refractivity contribution in [1.29, 1.82) is 0 Å². The SMILES string of the molecule is CC(C)(C)OC(=O)N1CCN2CCOC(C(=O)O)C2C1. The molecule has 7 nitrogen and oxygen atoms in total. The zero-order chi connectivity index (χ0) is 14.9. The predicted octanol–water partition coefficient (Wildman–Crippen LogP) is 0.391. The molecule has 0 bridgehead atoms. The summed E-state index contributed by atoms with van der Waals surface area (Å²) in [7, 11) is 0. The van der Waals surface area contributed by atoms with Gasteiger partial charge in [-0.3, -0.25) is 4.90 Å². The van der Waals surface area contributed by atoms with E-state index in [0.29, 0.717) is 32.8 Å². The van der Waals surface area contributed by atoms with E-state index in [0.717, 1.165) is 0 Å². The summed E-state index contributed by atoms with van der Waals surface area (Å²) < 4.78 is 10.7. The molecule has 2 rings (SSSR count). The van der Waals surface area contributed by atoms with Crippen LogP contribution in [-0.4, -0.2) is 77.5 Å². The molecule has 0 aromatic carbocycles. The van der Waals surface area contributed by atoms with Gasteiger partial charge < -0.3 is 19.5 Å². The summed E-state index contributed by atoms with van der Waals surface area (Å²) in [6.45, 7) is 8.08. The zero-order valence-corrected chi connectivity index (χ0v) is 12.2. The maximum Gasteiger partial charge on any atom is 0.410 e. The highest BCUT2D eigenvalue weighted by molar-refractivity contribution is 5.74. The Morgan fingerprint density at radius 2 is 1.95 bits per heavy atom. The fourth-order valence-corrected chi connectivity index (χ4v) is 2.55. The van der Waals surface area contributed by atoms with Crippen LogP contribution in [0.4, 0.5) is 4.79 Å². The lowest BCUT2D eigenvalue weighted by Crippen LogP contribution is -2.64. The molecule has 7 heteroatoms. The van der Waals surface area contributed by atoms with E-state index in [1.54, 1.807) is 4.90 Å². The van der Waals surface area contributed by atoms with Gasteiger partial charge in [0.25, 0.3) is 0 Å². The normalized spacial score (nSPS) is 27.9. The van der Waals surface area contributed by atoms with Crippen LogP contribution in [-0.2, 0) is 14.3 Å². The standard InChI is InChI=1S/C13H22N2O5/c1-13(2,3)20-12(18)15-5-4-14-6-7-19-10(11(16)17)9(14)8-15/h9-10H,4-8H2,1-3H3,(H,16,17). The molecule has 2 atom stereocenters. The molecule has 0 radical (unpaired) electrons. The zero-order valence-electron chi connectivity index (χ0n) is 12.2. The van der Waals surface area contributed by atoms with Crippen LogP contribution in [0.2, 0.25) is 0 Å². The van der Waals surface area contributed by atoms with E-state index in [1.165, 1.54) is 0 Å². The van der Waals surface area contributed by atoms with E-state index < -0.39 is 23.8 Å². The molecule has 2 unspecified atom stereocenters. The van der Waals surface area contributed by atoms with E-state index >= 15 is 0 Å². The number of amides is 1. The van der Waals surface area contributed by atoms with Gasteiger partial charge in [-0.05, 0) is 20.8 Å². The molecule has 1 amide bonds. The minimum atomic E-state index is -0.981. The molecule has 2 aliphatic rings. The van der Waals surface area contributed by atoms with Gasteiger partial charge >= 0.3 is 12.1 Å². The molecule has 2 aliphatic heterocycles. The van der Waals surface area contributed by atoms with Crippen molar-refractivity contribution in [3.05, 3.63) is 0 Å². The lowest BCUT2D eigenvalue weighted by Gasteiger charge is -2.46. The maximum absolute atomic E-state index is 12.1. The van der Waals surface area contributed by atoms with Gasteiger partial charge in [0.2, 0.25) is 0 Å². The van der Waals surface area contributed by atoms with Crippen molar-refractivity contribution >= 4 is 12.1 Å². The number of ether oxygens (including phenoxy) is 2. The van der Waals surface area contributed by atoms with Crippen LogP contribution in [0.5, 0.6) is 0 Å². The van der Waals surface area contributed by atoms with Gasteiger partial charge in [0.1, 0.15) is 5.60 Å². The van der Waals surface area contributed by atoms with Gasteiger partial charge in [-0.1, -0.05) is 0 Å². The van der Waals surface area contributed by atoms with Crippen LogP contribution < -0.4 is 0 Å². The average molecular weight is 286 g/mol. The van der Waals surface area contributed by atoms with Crippen LogP contribution in [0.3, 0.4) is 0 Å². The fraction of sp³-hybridized carbons (Fsp3) is 0.846. The van der Waals surface area contributed by atoms with Gasteiger partial charge in [0.15, 0.2) is 6.10 Å². The minimum absolute atomic E-state index is 0.303. The van der Waals surface area contributed by atoms with Crippen LogP contribution in [0.15, 0.2) is 0 Å². The Bertz CT molecular complexity index is 393. The third-order valence-corrected chi connectivity index (χ3v) is 3.45. The molecule has 2 fully saturated rings. The van der Waals surface area contributed by atoms with Crippen molar-refractivity contribution in [2.75, 3.05) is 32.8 Å². The largest absolute Gasteiger partial charge is 0.479 e. The molecule has 0 spiro atoms. The second-order valence-corrected chi connectivity index (χ2v) is 6.16. The molecule has 2 saturated heterocycles. The first kappa shape index (κ1) is 15.1. The van der Waals surface area contributed by atoms with E-state index in [2.05, 4.69) is 4.90 Å². The highest BCUT2D eigenvalue weighted by atomic mass is 16.6. The van der Waals surface area contributed by atoms with E-state index in [-0.39, 0.29) is 6.04 Å². The van der Waals surface area contributed by atoms with Crippen LogP contribution in [0.1, 0.15) is 20.8 Å². The Balaban J connectivity index is 2.02. The van der Waals surface area contributed by atoms with Crippen LogP contribution >= 0.6 is 0 Å². The lowest BCUT2D eigenvalue weighted by molar-refractivity contribution is -0.166. The van der Waals surface area contributed by atoms with Gasteiger partial charge in [-0.25, -0.2) is 9.59 Å². The number of aliphatic carboxylic acids is 1. The Morgan fingerprint density at radius 1 is 1.25 bits per heavy atom. The Kier molecular flexibility index (Phi) is 4.19. The van der Waals surface area contributed by atoms with Crippen molar-refractivity contribution < 1.29 is 24.2 Å². The number of nitrogens with zero attached hydrogens (tertiary/aromatic N) is 2. The molecule has 20 heavy (non-hydrogen) atoms. The number of piperazine rings is 1. The van der Waals surface area contributed by atoms with Gasteiger partial charge in [0.05, 0.1) is 12.6 Å². The van der Waals surface area contributed by atoms with Gasteiger partial charge in [0, 0.05) is 26.2 Å². The van der Waals surface area contributed by atoms with E-state index in [1.807, 2.05) is 20.8 Å². The number of carboxylic acid groups (broad SMARTS) is 1. The molecule has 0 saturated carbocycles. The number of carbonyl (C=O) groups is 2. The minimum Gasteiger partial charge on any atom is -0.479 e. The van der Waals surface area contributed by atoms with Crippen molar-refractivity contribution in [3.8, 4) is 0 Å². The number of carboxylic acids is 1. The molecule has 114 valence electrons. The molecular formula is C13H22N2O5. The summed E-state index contributed by atoms with van der Waals surface area (Å²) in [5.41, 5.74) is -0.552. The Labute approximate surface area is 118 Å². The number of morpholine rings is 1. The number of carbonyl (C=O) groups excluding carboxylic acids is 1. The first-order valence-electron chi connectivity index (χ1n) is 6.84. The summed E-state index contributed by atoms with van der Waals surface area (Å²) in [6, 6.07) is -0.303. The van der Waals surface area contributed by atoms with Crippen LogP contribution in [0.25, 0.3) is 0 Å². The monoisotopic (exact) mass is 286 g/mol. The second-order valence-electron chi connectivity index (χ2n) is 6.16. The average Bonchev–Trinajstić information content (AvgIpc) is 2.35. The molecule has 0 aromatic rings. The number of hydrogen-bond acceptors (Lipinski definition) is 5. The van der Waals surface area contributed by atoms with Gasteiger partial charge in [-0.2, -0.15) is 0 Å². The fourth-order valence-electron chi connectivity index (χ4n) is 2.55. The third-order valence-electron chi connectivity index (χ3n) is 3.45. The van der Waals surface area contributed by atoms with E-state index in [4.69, 9.17) is 9.47 Å². The Hall–Kier alpha value is -1.34. The smallest absolute Gasteiger partial charge is 0.410 e. The lowest BCUT2D eigenvalue weighted by atomic mass is 10.0. The van der Waals surface area contributed by atoms with Crippen molar-refractivity contribution in [3.63, 3.8) is 0 Å². The van der Waals surface area contributed by atoms with Crippen molar-refractivity contribution in [2.45, 2.75) is 38.5 Å². The van der Waals surface area contributed by atoms with Gasteiger partial charge in [-0.15, -0.1) is 0 Å². The molecule has 0 aromatic heterocycles. The summed E-state index contributed by atoms with van der Waals surface area (Å²) in [5, 5.41) is 9.20. The predicted molar refractivity (Wildman–Crippen MR) is 70.5 cm³/mol. The maximum atomic E-state index is 12.1. The summed E-state index contributed by atoms with van der Waals surface area (Å²) in [4.78, 5) is 26.9. The molecule has 1 N–H and O–H groups in total. The highest BCUT2D eigenvalue weighted by Crippen LogP contribution is 2.21. The summed E-state index contributed by atoms with van der Waals surface area (Å²) >= 11 is 0. The first-order valence-corrected chi connectivity index (χ1v) is 6.84. The molecule has 0 aliphatic carbocycles.